The molecule has 2 aromatic rings. The predicted octanol–water partition coefficient (Wildman–Crippen LogP) is 5.02. The van der Waals surface area contributed by atoms with Gasteiger partial charge in [-0.3, -0.25) is 0 Å². The van der Waals surface area contributed by atoms with Crippen molar-refractivity contribution >= 4 is 57.1 Å². The van der Waals surface area contributed by atoms with E-state index in [0.29, 0.717) is 0 Å². The summed E-state index contributed by atoms with van der Waals surface area (Å²) in [5, 5.41) is 0. The van der Waals surface area contributed by atoms with Gasteiger partial charge in [0, 0.05) is 0 Å². The first kappa shape index (κ1) is 24.5. The third-order valence-corrected chi connectivity index (χ3v) is 5.40. The van der Waals surface area contributed by atoms with E-state index < -0.39 is 90.0 Å². The van der Waals surface area contributed by atoms with Crippen LogP contribution in [0.3, 0.4) is 0 Å². The molecule has 0 aliphatic rings. The molecule has 0 unspecified atom stereocenters. The summed E-state index contributed by atoms with van der Waals surface area (Å²) < 4.78 is 114. The highest BCUT2D eigenvalue weighted by Gasteiger charge is 2.30. The van der Waals surface area contributed by atoms with Gasteiger partial charge in [0.05, 0.1) is 7.14 Å². The maximum atomic E-state index is 13.7. The SMILES string of the molecule is O=C(OCCOC(=O)c1c(F)c(F)c(F)c(F)c1I)c1c(F)c(F)c(F)c(F)c1I. The second-order valence-corrected chi connectivity index (χ2v) is 7.32. The molecule has 0 aliphatic heterocycles. The maximum absolute atomic E-state index is 13.7. The smallest absolute Gasteiger partial charge is 0.342 e. The van der Waals surface area contributed by atoms with Crippen molar-refractivity contribution in [2.45, 2.75) is 0 Å². The van der Waals surface area contributed by atoms with Crippen molar-refractivity contribution in [3.05, 3.63) is 64.8 Å². The van der Waals surface area contributed by atoms with Crippen LogP contribution in [0.2, 0.25) is 0 Å². The number of benzene rings is 2. The van der Waals surface area contributed by atoms with Crippen molar-refractivity contribution < 1.29 is 54.2 Å². The summed E-state index contributed by atoms with van der Waals surface area (Å²) in [6, 6.07) is 0. The number of esters is 2. The molecule has 0 aliphatic carbocycles. The lowest BCUT2D eigenvalue weighted by Gasteiger charge is -2.11. The quantitative estimate of drug-likeness (QED) is 0.112. The minimum Gasteiger partial charge on any atom is -0.458 e. The van der Waals surface area contributed by atoms with Crippen LogP contribution in [-0.4, -0.2) is 25.2 Å². The molecule has 0 spiro atoms. The highest BCUT2D eigenvalue weighted by Crippen LogP contribution is 2.27. The fourth-order valence-electron chi connectivity index (χ4n) is 1.98. The minimum atomic E-state index is -2.25. The molecule has 0 saturated heterocycles. The maximum Gasteiger partial charge on any atom is 0.342 e. The molecule has 0 amide bonds. The Morgan fingerprint density at radius 1 is 0.533 bits per heavy atom. The summed E-state index contributed by atoms with van der Waals surface area (Å²) in [5.74, 6) is -19.8. The number of carbonyl (C=O) groups excluding carboxylic acids is 2. The van der Waals surface area contributed by atoms with Crippen LogP contribution in [0.5, 0.6) is 0 Å². The number of rotatable bonds is 5. The van der Waals surface area contributed by atoms with Gasteiger partial charge >= 0.3 is 11.9 Å². The van der Waals surface area contributed by atoms with Crippen LogP contribution in [0.4, 0.5) is 35.1 Å². The van der Waals surface area contributed by atoms with Crippen LogP contribution in [0.25, 0.3) is 0 Å². The molecular formula is C16H4F8I2O4. The van der Waals surface area contributed by atoms with E-state index in [1.807, 2.05) is 0 Å². The average Bonchev–Trinajstić information content (AvgIpc) is 2.71. The first-order valence-electron chi connectivity index (χ1n) is 7.28. The lowest BCUT2D eigenvalue weighted by Crippen LogP contribution is -2.19. The second-order valence-electron chi connectivity index (χ2n) is 5.16. The largest absolute Gasteiger partial charge is 0.458 e. The first-order valence-corrected chi connectivity index (χ1v) is 9.44. The molecule has 4 nitrogen and oxygen atoms in total. The summed E-state index contributed by atoms with van der Waals surface area (Å²) in [7, 11) is 0. The van der Waals surface area contributed by atoms with Gasteiger partial charge in [-0.15, -0.1) is 0 Å². The van der Waals surface area contributed by atoms with E-state index in [-0.39, 0.29) is 0 Å². The number of hydrogen-bond acceptors (Lipinski definition) is 4. The van der Waals surface area contributed by atoms with Gasteiger partial charge in [-0.1, -0.05) is 0 Å². The fourth-order valence-corrected chi connectivity index (χ4v) is 3.37. The van der Waals surface area contributed by atoms with E-state index in [2.05, 4.69) is 9.47 Å². The van der Waals surface area contributed by atoms with Crippen LogP contribution in [0, 0.1) is 53.7 Å². The molecule has 0 saturated carbocycles. The Kier molecular flexibility index (Phi) is 7.86. The first-order chi connectivity index (χ1) is 13.9. The summed E-state index contributed by atoms with van der Waals surface area (Å²) in [4.78, 5) is 23.6. The van der Waals surface area contributed by atoms with Crippen LogP contribution in [-0.2, 0) is 9.47 Å². The third kappa shape index (κ3) is 4.47. The Hall–Kier alpha value is -1.72. The normalized spacial score (nSPS) is 10.9. The van der Waals surface area contributed by atoms with Crippen molar-refractivity contribution in [3.63, 3.8) is 0 Å². The molecule has 2 rings (SSSR count). The molecule has 0 atom stereocenters. The van der Waals surface area contributed by atoms with E-state index in [4.69, 9.17) is 0 Å². The van der Waals surface area contributed by atoms with Crippen LogP contribution in [0.1, 0.15) is 20.7 Å². The molecule has 30 heavy (non-hydrogen) atoms. The number of carbonyl (C=O) groups is 2. The van der Waals surface area contributed by atoms with Crippen LogP contribution >= 0.6 is 45.2 Å². The zero-order chi connectivity index (χ0) is 22.9. The summed E-state index contributed by atoms with van der Waals surface area (Å²) in [6.45, 7) is -1.74. The average molecular weight is 666 g/mol. The van der Waals surface area contributed by atoms with Crippen molar-refractivity contribution in [2.75, 3.05) is 13.2 Å². The van der Waals surface area contributed by atoms with Gasteiger partial charge in [0.25, 0.3) is 0 Å². The van der Waals surface area contributed by atoms with E-state index in [9.17, 15) is 44.7 Å². The second kappa shape index (κ2) is 9.61. The molecule has 2 aromatic carbocycles. The fraction of sp³-hybridized carbons (Fsp3) is 0.125. The molecule has 0 N–H and O–H groups in total. The third-order valence-electron chi connectivity index (χ3n) is 3.38. The van der Waals surface area contributed by atoms with Gasteiger partial charge in [0.15, 0.2) is 46.5 Å². The highest BCUT2D eigenvalue weighted by molar-refractivity contribution is 14.1. The summed E-state index contributed by atoms with van der Waals surface area (Å²) in [5.41, 5.74) is -2.52. The Morgan fingerprint density at radius 2 is 0.800 bits per heavy atom. The summed E-state index contributed by atoms with van der Waals surface area (Å²) in [6.07, 6.45) is 0. The van der Waals surface area contributed by atoms with Crippen molar-refractivity contribution in [3.8, 4) is 0 Å². The van der Waals surface area contributed by atoms with Gasteiger partial charge in [0.2, 0.25) is 0 Å². The van der Waals surface area contributed by atoms with Gasteiger partial charge in [-0.05, 0) is 45.2 Å². The van der Waals surface area contributed by atoms with Gasteiger partial charge in [-0.25, -0.2) is 44.7 Å². The zero-order valence-corrected chi connectivity index (χ0v) is 18.1. The van der Waals surface area contributed by atoms with E-state index >= 15 is 0 Å². The zero-order valence-electron chi connectivity index (χ0n) is 13.8. The van der Waals surface area contributed by atoms with E-state index in [1.165, 1.54) is 0 Å². The topological polar surface area (TPSA) is 52.6 Å². The summed E-state index contributed by atoms with van der Waals surface area (Å²) >= 11 is 2.06. The number of hydrogen-bond donors (Lipinski definition) is 0. The molecule has 162 valence electrons. The Labute approximate surface area is 188 Å². The van der Waals surface area contributed by atoms with Gasteiger partial charge < -0.3 is 9.47 Å². The molecule has 0 radical (unpaired) electrons. The predicted molar refractivity (Wildman–Crippen MR) is 98.5 cm³/mol. The molecule has 0 aromatic heterocycles. The Morgan fingerprint density at radius 3 is 1.10 bits per heavy atom. The lowest BCUT2D eigenvalue weighted by atomic mass is 10.2. The molecule has 0 bridgehead atoms. The molecule has 0 fully saturated rings. The van der Waals surface area contributed by atoms with E-state index in [0.717, 1.165) is 45.2 Å². The standard InChI is InChI=1S/C16H4F8I2O4/c17-5-3(13(25)11(23)9(21)7(5)19)15(27)29-1-2-30-16(28)4-6(18)8(20)10(22)12(24)14(4)26/h1-2H2. The highest BCUT2D eigenvalue weighted by atomic mass is 127. The van der Waals surface area contributed by atoms with Crippen LogP contribution < -0.4 is 0 Å². The molecule has 0 heterocycles. The van der Waals surface area contributed by atoms with Crippen molar-refractivity contribution in [1.82, 2.24) is 0 Å². The monoisotopic (exact) mass is 666 g/mol. The van der Waals surface area contributed by atoms with E-state index in [1.54, 1.807) is 0 Å². The van der Waals surface area contributed by atoms with Crippen LogP contribution in [0.15, 0.2) is 0 Å². The Balaban J connectivity index is 2.08. The van der Waals surface area contributed by atoms with Crippen molar-refractivity contribution in [1.29, 1.82) is 0 Å². The number of ether oxygens (including phenoxy) is 2. The lowest BCUT2D eigenvalue weighted by molar-refractivity contribution is 0.0256. The number of halogens is 10. The molecular weight excluding hydrogens is 662 g/mol. The van der Waals surface area contributed by atoms with Gasteiger partial charge in [0.1, 0.15) is 24.3 Å². The van der Waals surface area contributed by atoms with Crippen molar-refractivity contribution in [2.24, 2.45) is 0 Å². The van der Waals surface area contributed by atoms with Gasteiger partial charge in [-0.2, -0.15) is 0 Å². The minimum absolute atomic E-state index is 0.870. The molecule has 14 heteroatoms. The Bertz CT molecular complexity index is 919.